The Kier molecular flexibility index (Phi) is 7.64. The summed E-state index contributed by atoms with van der Waals surface area (Å²) in [5.74, 6) is -0.144. The van der Waals surface area contributed by atoms with Gasteiger partial charge in [-0.25, -0.2) is 9.97 Å². The number of halogens is 2. The number of aromatic nitrogens is 2. The van der Waals surface area contributed by atoms with Crippen LogP contribution in [0.3, 0.4) is 0 Å². The molecule has 1 amide bonds. The minimum atomic E-state index is -0.999. The summed E-state index contributed by atoms with van der Waals surface area (Å²) >= 11 is 12.2. The van der Waals surface area contributed by atoms with E-state index >= 15 is 0 Å². The molecule has 1 N–H and O–H groups in total. The van der Waals surface area contributed by atoms with Crippen molar-refractivity contribution in [2.75, 3.05) is 18.1 Å². The number of carboxylic acids is 1. The molecular formula is C19H21Cl2N3O5. The number of carbonyl (C=O) groups is 2. The molecule has 0 saturated heterocycles. The standard InChI is InChI=1S/C18H17Cl2N3O5.CH4/c1-2-13(18-21-7-10(19)8-22-18)28-14-6-15-12(5-11(14)20)23(4-3-17(25)26)16(24)9-27-15;/h5-8,13H,2-4,9H2,1H3,(H,25,26);1H4/t13-;/m1./s1. The molecule has 8 nitrogen and oxygen atoms in total. The maximum absolute atomic E-state index is 12.1. The molecule has 3 rings (SSSR count). The Morgan fingerprint density at radius 2 is 2.03 bits per heavy atom. The molecular weight excluding hydrogens is 421 g/mol. The summed E-state index contributed by atoms with van der Waals surface area (Å²) in [6, 6.07) is 3.11. The Hall–Kier alpha value is -2.58. The maximum atomic E-state index is 12.1. The Labute approximate surface area is 178 Å². The zero-order valence-corrected chi connectivity index (χ0v) is 16.4. The molecule has 0 bridgehead atoms. The molecule has 10 heteroatoms. The molecule has 1 atom stereocenters. The SMILES string of the molecule is C.CC[C@@H](Oc1cc2c(cc1Cl)N(CCC(=O)O)C(=O)CO2)c1ncc(Cl)cn1. The summed E-state index contributed by atoms with van der Waals surface area (Å²) < 4.78 is 11.4. The van der Waals surface area contributed by atoms with E-state index in [9.17, 15) is 9.59 Å². The first-order valence-electron chi connectivity index (χ1n) is 8.51. The smallest absolute Gasteiger partial charge is 0.305 e. The van der Waals surface area contributed by atoms with Gasteiger partial charge in [-0.05, 0) is 12.5 Å². The summed E-state index contributed by atoms with van der Waals surface area (Å²) in [5, 5.41) is 9.57. The van der Waals surface area contributed by atoms with Crippen LogP contribution in [0.1, 0.15) is 39.1 Å². The lowest BCUT2D eigenvalue weighted by Crippen LogP contribution is -2.40. The molecule has 2 aromatic rings. The van der Waals surface area contributed by atoms with Crippen molar-refractivity contribution in [3.05, 3.63) is 40.4 Å². The molecule has 0 saturated carbocycles. The normalized spacial score (nSPS) is 13.8. The van der Waals surface area contributed by atoms with E-state index in [0.29, 0.717) is 34.5 Å². The third kappa shape index (κ3) is 5.27. The van der Waals surface area contributed by atoms with E-state index < -0.39 is 12.1 Å². The molecule has 0 radical (unpaired) electrons. The first-order valence-corrected chi connectivity index (χ1v) is 9.27. The van der Waals surface area contributed by atoms with Gasteiger partial charge in [-0.1, -0.05) is 37.6 Å². The second-order valence-corrected chi connectivity index (χ2v) is 6.85. The average Bonchev–Trinajstić information content (AvgIpc) is 2.66. The summed E-state index contributed by atoms with van der Waals surface area (Å²) in [5.41, 5.74) is 0.408. The van der Waals surface area contributed by atoms with Crippen LogP contribution in [0.2, 0.25) is 10.0 Å². The number of rotatable bonds is 7. The van der Waals surface area contributed by atoms with E-state index in [2.05, 4.69) is 9.97 Å². The highest BCUT2D eigenvalue weighted by Crippen LogP contribution is 2.41. The largest absolute Gasteiger partial charge is 0.481 e. The number of amides is 1. The van der Waals surface area contributed by atoms with Gasteiger partial charge < -0.3 is 19.5 Å². The molecule has 156 valence electrons. The zero-order chi connectivity index (χ0) is 20.3. The van der Waals surface area contributed by atoms with Crippen LogP contribution in [-0.2, 0) is 9.59 Å². The fourth-order valence-corrected chi connectivity index (χ4v) is 3.01. The third-order valence-electron chi connectivity index (χ3n) is 4.07. The van der Waals surface area contributed by atoms with Crippen molar-refractivity contribution in [1.29, 1.82) is 0 Å². The topological polar surface area (TPSA) is 102 Å². The summed E-state index contributed by atoms with van der Waals surface area (Å²) in [6.07, 6.45) is 2.91. The van der Waals surface area contributed by atoms with Gasteiger partial charge in [0.15, 0.2) is 18.5 Å². The average molecular weight is 442 g/mol. The quantitative estimate of drug-likeness (QED) is 0.687. The number of hydrogen-bond acceptors (Lipinski definition) is 6. The molecule has 1 aliphatic rings. The number of benzene rings is 1. The van der Waals surface area contributed by atoms with E-state index in [1.54, 1.807) is 6.07 Å². The van der Waals surface area contributed by atoms with Crippen LogP contribution in [0.4, 0.5) is 5.69 Å². The van der Waals surface area contributed by atoms with Crippen molar-refractivity contribution in [2.24, 2.45) is 0 Å². The van der Waals surface area contributed by atoms with Crippen molar-refractivity contribution in [3.63, 3.8) is 0 Å². The number of carbonyl (C=O) groups excluding carboxylic acids is 1. The van der Waals surface area contributed by atoms with E-state index in [0.717, 1.165) is 0 Å². The van der Waals surface area contributed by atoms with Crippen LogP contribution in [0.25, 0.3) is 0 Å². The maximum Gasteiger partial charge on any atom is 0.305 e. The van der Waals surface area contributed by atoms with Gasteiger partial charge in [-0.2, -0.15) is 0 Å². The van der Waals surface area contributed by atoms with Gasteiger partial charge in [0, 0.05) is 25.0 Å². The first kappa shape index (κ1) is 22.7. The lowest BCUT2D eigenvalue weighted by molar-refractivity contribution is -0.136. The van der Waals surface area contributed by atoms with Gasteiger partial charge >= 0.3 is 5.97 Å². The summed E-state index contributed by atoms with van der Waals surface area (Å²) in [4.78, 5) is 32.7. The van der Waals surface area contributed by atoms with Gasteiger partial charge in [0.05, 0.1) is 22.2 Å². The molecule has 0 spiro atoms. The van der Waals surface area contributed by atoms with E-state index in [-0.39, 0.29) is 37.9 Å². The van der Waals surface area contributed by atoms with Crippen LogP contribution in [-0.4, -0.2) is 40.1 Å². The third-order valence-corrected chi connectivity index (χ3v) is 4.56. The number of ether oxygens (including phenoxy) is 2. The highest BCUT2D eigenvalue weighted by Gasteiger charge is 2.28. The van der Waals surface area contributed by atoms with Gasteiger partial charge in [-0.3, -0.25) is 9.59 Å². The van der Waals surface area contributed by atoms with Crippen LogP contribution < -0.4 is 14.4 Å². The Balaban J connectivity index is 0.00000300. The minimum Gasteiger partial charge on any atom is -0.481 e. The summed E-state index contributed by atoms with van der Waals surface area (Å²) in [7, 11) is 0. The Bertz CT molecular complexity index is 892. The van der Waals surface area contributed by atoms with E-state index in [4.69, 9.17) is 37.8 Å². The molecule has 1 aromatic carbocycles. The van der Waals surface area contributed by atoms with E-state index in [1.807, 2.05) is 6.92 Å². The predicted octanol–water partition coefficient (Wildman–Crippen LogP) is 4.15. The number of fused-ring (bicyclic) bond motifs is 1. The van der Waals surface area contributed by atoms with Crippen molar-refractivity contribution < 1.29 is 24.2 Å². The van der Waals surface area contributed by atoms with Crippen LogP contribution >= 0.6 is 23.2 Å². The number of aliphatic carboxylic acids is 1. The van der Waals surface area contributed by atoms with Gasteiger partial charge in [-0.15, -0.1) is 0 Å². The molecule has 1 aliphatic heterocycles. The fraction of sp³-hybridized carbons (Fsp3) is 0.368. The number of nitrogens with zero attached hydrogens (tertiary/aromatic N) is 3. The molecule has 0 fully saturated rings. The Morgan fingerprint density at radius 1 is 1.34 bits per heavy atom. The van der Waals surface area contributed by atoms with Crippen molar-refractivity contribution in [1.82, 2.24) is 9.97 Å². The molecule has 29 heavy (non-hydrogen) atoms. The monoisotopic (exact) mass is 441 g/mol. The van der Waals surface area contributed by atoms with Gasteiger partial charge in [0.25, 0.3) is 5.91 Å². The van der Waals surface area contributed by atoms with Crippen LogP contribution in [0, 0.1) is 0 Å². The predicted molar refractivity (Wildman–Crippen MR) is 109 cm³/mol. The minimum absolute atomic E-state index is 0. The molecule has 1 aromatic heterocycles. The van der Waals surface area contributed by atoms with Gasteiger partial charge in [0.1, 0.15) is 11.5 Å². The van der Waals surface area contributed by atoms with Crippen LogP contribution in [0.15, 0.2) is 24.5 Å². The summed E-state index contributed by atoms with van der Waals surface area (Å²) in [6.45, 7) is 1.75. The van der Waals surface area contributed by atoms with Crippen LogP contribution in [0.5, 0.6) is 11.5 Å². The van der Waals surface area contributed by atoms with Crippen molar-refractivity contribution in [2.45, 2.75) is 33.3 Å². The number of carboxylic acid groups (broad SMARTS) is 1. The second kappa shape index (κ2) is 9.76. The van der Waals surface area contributed by atoms with E-state index in [1.165, 1.54) is 23.4 Å². The molecule has 0 aliphatic carbocycles. The zero-order valence-electron chi connectivity index (χ0n) is 14.9. The van der Waals surface area contributed by atoms with Crippen molar-refractivity contribution in [3.8, 4) is 11.5 Å². The fourth-order valence-electron chi connectivity index (χ4n) is 2.71. The first-order chi connectivity index (χ1) is 13.4. The second-order valence-electron chi connectivity index (χ2n) is 6.00. The van der Waals surface area contributed by atoms with Gasteiger partial charge in [0.2, 0.25) is 0 Å². The number of anilines is 1. The Morgan fingerprint density at radius 3 is 2.66 bits per heavy atom. The van der Waals surface area contributed by atoms with Crippen molar-refractivity contribution >= 4 is 40.8 Å². The lowest BCUT2D eigenvalue weighted by atomic mass is 10.2. The molecule has 2 heterocycles. The molecule has 0 unspecified atom stereocenters. The highest BCUT2D eigenvalue weighted by atomic mass is 35.5. The number of hydrogen-bond donors (Lipinski definition) is 1. The highest BCUT2D eigenvalue weighted by molar-refractivity contribution is 6.32. The lowest BCUT2D eigenvalue weighted by Gasteiger charge is -2.30.